The second-order valence-electron chi connectivity index (χ2n) is 8.92. The first-order valence-electron chi connectivity index (χ1n) is 11.1. The molecule has 0 aliphatic carbocycles. The normalized spacial score (nSPS) is 26.9. The molecule has 2 aromatic carbocycles. The highest BCUT2D eigenvalue weighted by atomic mass is 32.2. The summed E-state index contributed by atoms with van der Waals surface area (Å²) in [7, 11) is -4.10. The smallest absolute Gasteiger partial charge is 0.331 e. The standard InChI is InChI=1S/C24H24N4O6S/c1-24(15-27-13-12-25-26-27)20(28-21(30)18(14-29)22(28)35(24,32)33)23(31)34-19(16-8-4-2-5-9-16)17-10-6-3-7-11-17/h2-13,18-20,22,29H,14-15H2,1H3/t18-,20+,22-,24+/m1/s1. The van der Waals surface area contributed by atoms with Crippen LogP contribution >= 0.6 is 0 Å². The van der Waals surface area contributed by atoms with Gasteiger partial charge in [-0.2, -0.15) is 0 Å². The van der Waals surface area contributed by atoms with E-state index >= 15 is 0 Å². The van der Waals surface area contributed by atoms with Crippen LogP contribution < -0.4 is 0 Å². The van der Waals surface area contributed by atoms with Gasteiger partial charge in [-0.05, 0) is 18.1 Å². The maximum atomic E-state index is 13.8. The van der Waals surface area contributed by atoms with Crippen LogP contribution in [0.3, 0.4) is 0 Å². The van der Waals surface area contributed by atoms with E-state index in [2.05, 4.69) is 10.3 Å². The van der Waals surface area contributed by atoms with Crippen LogP contribution in [-0.2, 0) is 30.7 Å². The lowest BCUT2D eigenvalue weighted by molar-refractivity contribution is -0.170. The summed E-state index contributed by atoms with van der Waals surface area (Å²) in [4.78, 5) is 27.7. The zero-order valence-corrected chi connectivity index (χ0v) is 19.7. The lowest BCUT2D eigenvalue weighted by Gasteiger charge is -2.42. The summed E-state index contributed by atoms with van der Waals surface area (Å²) >= 11 is 0. The minimum atomic E-state index is -4.10. The van der Waals surface area contributed by atoms with Crippen molar-refractivity contribution < 1.29 is 27.9 Å². The number of rotatable bonds is 7. The van der Waals surface area contributed by atoms with E-state index in [1.54, 1.807) is 0 Å². The molecule has 2 aliphatic rings. The lowest BCUT2D eigenvalue weighted by atomic mass is 9.91. The molecule has 1 amide bonds. The molecule has 0 bridgehead atoms. The molecule has 0 radical (unpaired) electrons. The molecule has 35 heavy (non-hydrogen) atoms. The number of aliphatic hydroxyl groups excluding tert-OH is 1. The Bertz CT molecular complexity index is 1290. The van der Waals surface area contributed by atoms with Gasteiger partial charge in [-0.1, -0.05) is 65.9 Å². The number of carbonyl (C=O) groups excluding carboxylic acids is 2. The van der Waals surface area contributed by atoms with Crippen molar-refractivity contribution >= 4 is 21.7 Å². The van der Waals surface area contributed by atoms with E-state index in [-0.39, 0.29) is 6.54 Å². The molecule has 5 rings (SSSR count). The molecule has 2 fully saturated rings. The van der Waals surface area contributed by atoms with Gasteiger partial charge in [0.15, 0.2) is 22.0 Å². The molecule has 2 aliphatic heterocycles. The van der Waals surface area contributed by atoms with Crippen molar-refractivity contribution in [1.82, 2.24) is 19.9 Å². The van der Waals surface area contributed by atoms with E-state index in [1.807, 2.05) is 60.7 Å². The molecular weight excluding hydrogens is 472 g/mol. The number of aromatic nitrogens is 3. The first kappa shape index (κ1) is 23.2. The fourth-order valence-corrected chi connectivity index (χ4v) is 7.57. The highest BCUT2D eigenvalue weighted by Gasteiger charge is 2.74. The topological polar surface area (TPSA) is 132 Å². The number of ether oxygens (including phenoxy) is 1. The van der Waals surface area contributed by atoms with Gasteiger partial charge in [0.2, 0.25) is 5.91 Å². The minimum absolute atomic E-state index is 0.213. The maximum absolute atomic E-state index is 13.8. The second kappa shape index (κ2) is 8.58. The van der Waals surface area contributed by atoms with Gasteiger partial charge in [0.1, 0.15) is 10.1 Å². The minimum Gasteiger partial charge on any atom is -0.451 e. The van der Waals surface area contributed by atoms with E-state index < -0.39 is 56.5 Å². The fourth-order valence-electron chi connectivity index (χ4n) is 5.03. The van der Waals surface area contributed by atoms with Gasteiger partial charge < -0.3 is 14.7 Å². The molecule has 2 saturated heterocycles. The zero-order chi connectivity index (χ0) is 24.8. The molecule has 11 heteroatoms. The van der Waals surface area contributed by atoms with Crippen LogP contribution in [-0.4, -0.2) is 68.1 Å². The molecule has 1 aromatic heterocycles. The molecule has 3 aromatic rings. The molecule has 4 atom stereocenters. The summed E-state index contributed by atoms with van der Waals surface area (Å²) in [5, 5.41) is 16.0. The predicted molar refractivity (Wildman–Crippen MR) is 123 cm³/mol. The Morgan fingerprint density at radius 2 is 1.71 bits per heavy atom. The third kappa shape index (κ3) is 3.53. The highest BCUT2D eigenvalue weighted by Crippen LogP contribution is 2.50. The number of esters is 1. The number of hydrogen-bond acceptors (Lipinski definition) is 8. The van der Waals surface area contributed by atoms with Gasteiger partial charge in [0.25, 0.3) is 0 Å². The van der Waals surface area contributed by atoms with Gasteiger partial charge in [0, 0.05) is 6.20 Å². The Morgan fingerprint density at radius 1 is 1.11 bits per heavy atom. The van der Waals surface area contributed by atoms with Crippen molar-refractivity contribution in [2.75, 3.05) is 6.61 Å². The van der Waals surface area contributed by atoms with Gasteiger partial charge in [-0.15, -0.1) is 5.10 Å². The summed E-state index contributed by atoms with van der Waals surface area (Å²) in [6.45, 7) is 0.571. The van der Waals surface area contributed by atoms with Crippen LogP contribution in [0.1, 0.15) is 24.2 Å². The molecule has 0 saturated carbocycles. The van der Waals surface area contributed by atoms with E-state index in [1.165, 1.54) is 24.0 Å². The summed E-state index contributed by atoms with van der Waals surface area (Å²) in [5.41, 5.74) is 1.40. The molecule has 0 unspecified atom stereocenters. The average molecular weight is 497 g/mol. The second-order valence-corrected chi connectivity index (χ2v) is 11.4. The number of nitrogens with zero attached hydrogens (tertiary/aromatic N) is 4. The highest BCUT2D eigenvalue weighted by molar-refractivity contribution is 7.93. The van der Waals surface area contributed by atoms with Gasteiger partial charge in [-0.25, -0.2) is 13.2 Å². The molecular formula is C24H24N4O6S. The molecule has 182 valence electrons. The number of sulfone groups is 1. The number of amides is 1. The number of carbonyl (C=O) groups is 2. The Balaban J connectivity index is 1.56. The van der Waals surface area contributed by atoms with Crippen molar-refractivity contribution in [3.05, 3.63) is 84.2 Å². The SMILES string of the molecule is C[C@]1(Cn2ccnn2)[C@H](C(=O)OC(c2ccccc2)c2ccccc2)N2C(=O)[C@@H](CO)[C@H]2S1(=O)=O. The Hall–Kier alpha value is -3.57. The number of benzene rings is 2. The summed E-state index contributed by atoms with van der Waals surface area (Å²) in [6.07, 6.45) is 2.07. The van der Waals surface area contributed by atoms with Crippen LogP contribution in [0.15, 0.2) is 73.1 Å². The molecule has 3 heterocycles. The summed E-state index contributed by atoms with van der Waals surface area (Å²) in [5.74, 6) is -2.56. The first-order valence-corrected chi connectivity index (χ1v) is 12.6. The van der Waals surface area contributed by atoms with E-state index in [0.29, 0.717) is 11.1 Å². The van der Waals surface area contributed by atoms with Gasteiger partial charge in [0.05, 0.1) is 25.3 Å². The van der Waals surface area contributed by atoms with Gasteiger partial charge in [-0.3, -0.25) is 9.48 Å². The quantitative estimate of drug-likeness (QED) is 0.378. The van der Waals surface area contributed by atoms with Crippen LogP contribution in [0.5, 0.6) is 0 Å². The largest absolute Gasteiger partial charge is 0.451 e. The lowest BCUT2D eigenvalue weighted by Crippen LogP contribution is -2.64. The predicted octanol–water partition coefficient (Wildman–Crippen LogP) is 0.943. The molecule has 0 spiro atoms. The maximum Gasteiger partial charge on any atom is 0.331 e. The number of hydrogen-bond donors (Lipinski definition) is 1. The van der Waals surface area contributed by atoms with Crippen molar-refractivity contribution in [3.8, 4) is 0 Å². The Morgan fingerprint density at radius 3 is 2.23 bits per heavy atom. The number of aliphatic hydroxyl groups is 1. The average Bonchev–Trinajstić information content (AvgIpc) is 3.41. The van der Waals surface area contributed by atoms with E-state index in [0.717, 1.165) is 4.90 Å². The Labute approximate surface area is 202 Å². The summed E-state index contributed by atoms with van der Waals surface area (Å²) < 4.78 is 32.9. The summed E-state index contributed by atoms with van der Waals surface area (Å²) in [6, 6.07) is 16.7. The van der Waals surface area contributed by atoms with Crippen LogP contribution in [0.25, 0.3) is 0 Å². The third-order valence-electron chi connectivity index (χ3n) is 6.82. The van der Waals surface area contributed by atoms with Gasteiger partial charge >= 0.3 is 5.97 Å². The van der Waals surface area contributed by atoms with Crippen molar-refractivity contribution in [1.29, 1.82) is 0 Å². The van der Waals surface area contributed by atoms with Crippen LogP contribution in [0, 0.1) is 5.92 Å². The fraction of sp³-hybridized carbons (Fsp3) is 0.333. The Kier molecular flexibility index (Phi) is 5.68. The van der Waals surface area contributed by atoms with E-state index in [4.69, 9.17) is 4.74 Å². The first-order chi connectivity index (χ1) is 16.8. The monoisotopic (exact) mass is 496 g/mol. The van der Waals surface area contributed by atoms with Crippen molar-refractivity contribution in [2.24, 2.45) is 5.92 Å². The van der Waals surface area contributed by atoms with Crippen LogP contribution in [0.4, 0.5) is 0 Å². The van der Waals surface area contributed by atoms with Crippen molar-refractivity contribution in [2.45, 2.75) is 35.7 Å². The number of fused-ring (bicyclic) bond motifs is 1. The van der Waals surface area contributed by atoms with Crippen molar-refractivity contribution in [3.63, 3.8) is 0 Å². The molecule has 10 nitrogen and oxygen atoms in total. The molecule has 1 N–H and O–H groups in total. The van der Waals surface area contributed by atoms with Crippen LogP contribution in [0.2, 0.25) is 0 Å². The number of β-lactam (4-membered cyclic amide) rings is 1. The third-order valence-corrected chi connectivity index (χ3v) is 9.66. The van der Waals surface area contributed by atoms with E-state index in [9.17, 15) is 23.1 Å². The zero-order valence-electron chi connectivity index (χ0n) is 18.8.